The SMILES string of the molecule is Cn1cc(Cc2cn(-c3ccccc3)nn2)c(=O)[nH]c1=O. The third-order valence-corrected chi connectivity index (χ3v) is 3.12. The van der Waals surface area contributed by atoms with Crippen LogP contribution in [-0.2, 0) is 13.5 Å². The van der Waals surface area contributed by atoms with E-state index < -0.39 is 11.2 Å². The van der Waals surface area contributed by atoms with Crippen LogP contribution in [0.25, 0.3) is 5.69 Å². The Hall–Kier alpha value is -2.96. The molecule has 0 spiro atoms. The second kappa shape index (κ2) is 5.20. The summed E-state index contributed by atoms with van der Waals surface area (Å²) in [7, 11) is 1.59. The molecule has 21 heavy (non-hydrogen) atoms. The van der Waals surface area contributed by atoms with Gasteiger partial charge in [-0.1, -0.05) is 23.4 Å². The van der Waals surface area contributed by atoms with Crippen molar-refractivity contribution in [3.05, 3.63) is 74.8 Å². The molecule has 7 heteroatoms. The maximum absolute atomic E-state index is 11.7. The van der Waals surface area contributed by atoms with Crippen molar-refractivity contribution in [2.24, 2.45) is 7.05 Å². The number of benzene rings is 1. The molecule has 3 rings (SSSR count). The fourth-order valence-electron chi connectivity index (χ4n) is 2.02. The fraction of sp³-hybridized carbons (Fsp3) is 0.143. The number of nitrogens with one attached hydrogen (secondary N) is 1. The van der Waals surface area contributed by atoms with Gasteiger partial charge < -0.3 is 4.57 Å². The molecule has 1 N–H and O–H groups in total. The second-order valence-electron chi connectivity index (χ2n) is 4.69. The van der Waals surface area contributed by atoms with Crippen molar-refractivity contribution in [2.75, 3.05) is 0 Å². The maximum atomic E-state index is 11.7. The van der Waals surface area contributed by atoms with Crippen LogP contribution < -0.4 is 11.2 Å². The Bertz CT molecular complexity index is 876. The minimum atomic E-state index is -0.434. The Morgan fingerprint density at radius 3 is 2.67 bits per heavy atom. The standard InChI is InChI=1S/C14H13N5O2/c1-18-8-10(13(20)15-14(18)21)7-11-9-19(17-16-11)12-5-3-2-4-6-12/h2-6,8-9H,7H2,1H3,(H,15,20,21). The van der Waals surface area contributed by atoms with Gasteiger partial charge in [-0.05, 0) is 12.1 Å². The van der Waals surface area contributed by atoms with Crippen molar-refractivity contribution < 1.29 is 0 Å². The van der Waals surface area contributed by atoms with Gasteiger partial charge in [0.25, 0.3) is 5.56 Å². The summed E-state index contributed by atoms with van der Waals surface area (Å²) in [5, 5.41) is 8.09. The number of rotatable bonds is 3. The number of hydrogen-bond donors (Lipinski definition) is 1. The van der Waals surface area contributed by atoms with Crippen molar-refractivity contribution in [1.29, 1.82) is 0 Å². The first kappa shape index (κ1) is 13.0. The first-order chi connectivity index (χ1) is 10.1. The molecule has 2 aromatic heterocycles. The smallest absolute Gasteiger partial charge is 0.303 e. The highest BCUT2D eigenvalue weighted by Gasteiger charge is 2.08. The van der Waals surface area contributed by atoms with Gasteiger partial charge in [0, 0.05) is 25.2 Å². The highest BCUT2D eigenvalue weighted by molar-refractivity contribution is 5.30. The van der Waals surface area contributed by atoms with E-state index in [1.54, 1.807) is 17.9 Å². The van der Waals surface area contributed by atoms with Crippen molar-refractivity contribution >= 4 is 0 Å². The van der Waals surface area contributed by atoms with Gasteiger partial charge in [0.2, 0.25) is 0 Å². The molecule has 106 valence electrons. The van der Waals surface area contributed by atoms with Crippen molar-refractivity contribution in [3.63, 3.8) is 0 Å². The summed E-state index contributed by atoms with van der Waals surface area (Å²) in [5.74, 6) is 0. The van der Waals surface area contributed by atoms with E-state index in [0.29, 0.717) is 17.7 Å². The van der Waals surface area contributed by atoms with Crippen LogP contribution >= 0.6 is 0 Å². The summed E-state index contributed by atoms with van der Waals surface area (Å²) in [6.45, 7) is 0. The number of aromatic nitrogens is 5. The lowest BCUT2D eigenvalue weighted by Gasteiger charge is -2.00. The molecule has 0 bridgehead atoms. The molecule has 0 atom stereocenters. The van der Waals surface area contributed by atoms with E-state index in [-0.39, 0.29) is 0 Å². The molecule has 0 aliphatic carbocycles. The Morgan fingerprint density at radius 1 is 1.14 bits per heavy atom. The number of nitrogens with zero attached hydrogens (tertiary/aromatic N) is 4. The summed E-state index contributed by atoms with van der Waals surface area (Å²) in [6.07, 6.45) is 3.60. The van der Waals surface area contributed by atoms with Gasteiger partial charge in [0.15, 0.2) is 0 Å². The number of hydrogen-bond acceptors (Lipinski definition) is 4. The van der Waals surface area contributed by atoms with E-state index in [2.05, 4.69) is 15.3 Å². The van der Waals surface area contributed by atoms with E-state index in [1.165, 1.54) is 10.8 Å². The molecular weight excluding hydrogens is 270 g/mol. The van der Waals surface area contributed by atoms with E-state index in [0.717, 1.165) is 5.69 Å². The predicted octanol–water partition coefficient (Wildman–Crippen LogP) is 0.245. The Kier molecular flexibility index (Phi) is 3.23. The number of aromatic amines is 1. The fourth-order valence-corrected chi connectivity index (χ4v) is 2.02. The van der Waals surface area contributed by atoms with Gasteiger partial charge in [-0.3, -0.25) is 9.78 Å². The zero-order valence-electron chi connectivity index (χ0n) is 11.4. The maximum Gasteiger partial charge on any atom is 0.328 e. The molecule has 2 heterocycles. The van der Waals surface area contributed by atoms with Crippen LogP contribution in [0, 0.1) is 0 Å². The number of aryl methyl sites for hydroxylation is 1. The molecule has 0 saturated carbocycles. The molecule has 0 saturated heterocycles. The molecule has 1 aromatic carbocycles. The van der Waals surface area contributed by atoms with Crippen LogP contribution in [-0.4, -0.2) is 24.5 Å². The van der Waals surface area contributed by atoms with Crippen molar-refractivity contribution in [1.82, 2.24) is 24.5 Å². The lowest BCUT2D eigenvalue weighted by atomic mass is 10.2. The van der Waals surface area contributed by atoms with Gasteiger partial charge in [0.05, 0.1) is 17.6 Å². The molecule has 7 nitrogen and oxygen atoms in total. The van der Waals surface area contributed by atoms with Crippen LogP contribution in [0.1, 0.15) is 11.3 Å². The number of H-pyrrole nitrogens is 1. The van der Waals surface area contributed by atoms with E-state index >= 15 is 0 Å². The van der Waals surface area contributed by atoms with Gasteiger partial charge in [-0.15, -0.1) is 5.10 Å². The number of para-hydroxylation sites is 1. The van der Waals surface area contributed by atoms with Crippen molar-refractivity contribution in [2.45, 2.75) is 6.42 Å². The summed E-state index contributed by atoms with van der Waals surface area (Å²) in [6, 6.07) is 9.57. The molecule has 0 unspecified atom stereocenters. The molecular formula is C14H13N5O2. The highest BCUT2D eigenvalue weighted by atomic mass is 16.2. The lowest BCUT2D eigenvalue weighted by Crippen LogP contribution is -2.30. The summed E-state index contributed by atoms with van der Waals surface area (Å²) in [5.41, 5.74) is 1.19. The quantitative estimate of drug-likeness (QED) is 0.746. The summed E-state index contributed by atoms with van der Waals surface area (Å²) < 4.78 is 2.98. The minimum absolute atomic E-state index is 0.316. The highest BCUT2D eigenvalue weighted by Crippen LogP contribution is 2.07. The predicted molar refractivity (Wildman–Crippen MR) is 76.5 cm³/mol. The molecule has 0 aliphatic heterocycles. The van der Waals surface area contributed by atoms with Gasteiger partial charge in [-0.25, -0.2) is 9.48 Å². The van der Waals surface area contributed by atoms with Gasteiger partial charge in [0.1, 0.15) is 0 Å². The molecule has 0 fully saturated rings. The monoisotopic (exact) mass is 283 g/mol. The average molecular weight is 283 g/mol. The Morgan fingerprint density at radius 2 is 1.90 bits per heavy atom. The average Bonchev–Trinajstić information content (AvgIpc) is 2.94. The van der Waals surface area contributed by atoms with Gasteiger partial charge in [-0.2, -0.15) is 0 Å². The van der Waals surface area contributed by atoms with Crippen LogP contribution in [0.15, 0.2) is 52.3 Å². The molecule has 0 radical (unpaired) electrons. The minimum Gasteiger partial charge on any atom is -0.303 e. The lowest BCUT2D eigenvalue weighted by molar-refractivity contribution is 0.775. The first-order valence-electron chi connectivity index (χ1n) is 6.39. The first-order valence-corrected chi connectivity index (χ1v) is 6.39. The van der Waals surface area contributed by atoms with Crippen LogP contribution in [0.3, 0.4) is 0 Å². The Balaban J connectivity index is 1.90. The second-order valence-corrected chi connectivity index (χ2v) is 4.69. The topological polar surface area (TPSA) is 85.6 Å². The zero-order valence-corrected chi connectivity index (χ0v) is 11.4. The largest absolute Gasteiger partial charge is 0.328 e. The summed E-state index contributed by atoms with van der Waals surface area (Å²) >= 11 is 0. The zero-order chi connectivity index (χ0) is 14.8. The van der Waals surface area contributed by atoms with E-state index in [1.807, 2.05) is 30.3 Å². The third kappa shape index (κ3) is 2.66. The van der Waals surface area contributed by atoms with E-state index in [9.17, 15) is 9.59 Å². The van der Waals surface area contributed by atoms with Gasteiger partial charge >= 0.3 is 5.69 Å². The van der Waals surface area contributed by atoms with Crippen LogP contribution in [0.2, 0.25) is 0 Å². The van der Waals surface area contributed by atoms with Crippen molar-refractivity contribution in [3.8, 4) is 5.69 Å². The molecule has 3 aromatic rings. The Labute approximate surface area is 119 Å². The molecule has 0 amide bonds. The molecule has 0 aliphatic rings. The van der Waals surface area contributed by atoms with Crippen LogP contribution in [0.5, 0.6) is 0 Å². The van der Waals surface area contributed by atoms with Crippen LogP contribution in [0.4, 0.5) is 0 Å². The third-order valence-electron chi connectivity index (χ3n) is 3.12. The van der Waals surface area contributed by atoms with E-state index in [4.69, 9.17) is 0 Å². The normalized spacial score (nSPS) is 10.7. The summed E-state index contributed by atoms with van der Waals surface area (Å²) in [4.78, 5) is 25.3.